The molecule has 0 amide bonds. The highest BCUT2D eigenvalue weighted by Crippen LogP contribution is 2.25. The van der Waals surface area contributed by atoms with Crippen LogP contribution in [0, 0.1) is 0 Å². The Bertz CT molecular complexity index is 416. The number of nitrogens with one attached hydrogen (secondary N) is 1. The van der Waals surface area contributed by atoms with Gasteiger partial charge in [0, 0.05) is 43.8 Å². The monoisotopic (exact) mass is 309 g/mol. The van der Waals surface area contributed by atoms with Crippen LogP contribution in [-0.4, -0.2) is 56.1 Å². The maximum Gasteiger partial charge on any atom is 0.0453 e. The SMILES string of the molecule is CCCN1CCN(CCC(NC)c2ccccc2Cl)CC1. The van der Waals surface area contributed by atoms with Crippen LogP contribution in [0.5, 0.6) is 0 Å². The quantitative estimate of drug-likeness (QED) is 0.835. The lowest BCUT2D eigenvalue weighted by Gasteiger charge is -2.35. The van der Waals surface area contributed by atoms with Gasteiger partial charge in [0.1, 0.15) is 0 Å². The molecule has 4 heteroatoms. The summed E-state index contributed by atoms with van der Waals surface area (Å²) in [5.41, 5.74) is 1.21. The molecule has 0 bridgehead atoms. The molecule has 1 heterocycles. The van der Waals surface area contributed by atoms with E-state index in [1.807, 2.05) is 19.2 Å². The molecule has 0 saturated carbocycles. The van der Waals surface area contributed by atoms with E-state index in [0.29, 0.717) is 6.04 Å². The van der Waals surface area contributed by atoms with E-state index in [1.54, 1.807) is 0 Å². The minimum Gasteiger partial charge on any atom is -0.313 e. The number of halogens is 1. The predicted molar refractivity (Wildman–Crippen MR) is 91.0 cm³/mol. The van der Waals surface area contributed by atoms with Crippen LogP contribution >= 0.6 is 11.6 Å². The first-order valence-electron chi connectivity index (χ1n) is 8.11. The van der Waals surface area contributed by atoms with Gasteiger partial charge < -0.3 is 15.1 Å². The Hall–Kier alpha value is -0.610. The summed E-state index contributed by atoms with van der Waals surface area (Å²) in [5.74, 6) is 0. The third kappa shape index (κ3) is 4.96. The molecule has 0 aliphatic carbocycles. The zero-order valence-electron chi connectivity index (χ0n) is 13.3. The van der Waals surface area contributed by atoms with Crippen LogP contribution in [0.3, 0.4) is 0 Å². The lowest BCUT2D eigenvalue weighted by Crippen LogP contribution is -2.47. The highest BCUT2D eigenvalue weighted by Gasteiger charge is 2.18. The van der Waals surface area contributed by atoms with Crippen molar-refractivity contribution in [3.05, 3.63) is 34.9 Å². The van der Waals surface area contributed by atoms with Crippen molar-refractivity contribution < 1.29 is 0 Å². The number of nitrogens with zero attached hydrogens (tertiary/aromatic N) is 2. The summed E-state index contributed by atoms with van der Waals surface area (Å²) < 4.78 is 0. The average molecular weight is 310 g/mol. The van der Waals surface area contributed by atoms with Gasteiger partial charge >= 0.3 is 0 Å². The molecule has 1 N–H and O–H groups in total. The predicted octanol–water partition coefficient (Wildman–Crippen LogP) is 3.02. The van der Waals surface area contributed by atoms with Crippen LogP contribution in [-0.2, 0) is 0 Å². The van der Waals surface area contributed by atoms with Gasteiger partial charge in [-0.3, -0.25) is 0 Å². The van der Waals surface area contributed by atoms with Gasteiger partial charge in [0.15, 0.2) is 0 Å². The van der Waals surface area contributed by atoms with Gasteiger partial charge in [0.2, 0.25) is 0 Å². The Morgan fingerprint density at radius 1 is 1.10 bits per heavy atom. The molecule has 1 fully saturated rings. The first-order chi connectivity index (χ1) is 10.2. The van der Waals surface area contributed by atoms with Crippen molar-refractivity contribution >= 4 is 11.6 Å². The van der Waals surface area contributed by atoms with Gasteiger partial charge in [-0.15, -0.1) is 0 Å². The van der Waals surface area contributed by atoms with Crippen molar-refractivity contribution in [1.29, 1.82) is 0 Å². The zero-order chi connectivity index (χ0) is 15.1. The second-order valence-corrected chi connectivity index (χ2v) is 6.24. The third-order valence-electron chi connectivity index (χ3n) is 4.37. The van der Waals surface area contributed by atoms with Crippen LogP contribution in [0.4, 0.5) is 0 Å². The van der Waals surface area contributed by atoms with Gasteiger partial charge in [0.05, 0.1) is 0 Å². The minimum atomic E-state index is 0.340. The second-order valence-electron chi connectivity index (χ2n) is 5.83. The minimum absolute atomic E-state index is 0.340. The molecule has 3 nitrogen and oxygen atoms in total. The van der Waals surface area contributed by atoms with Crippen molar-refractivity contribution in [3.8, 4) is 0 Å². The Morgan fingerprint density at radius 3 is 2.29 bits per heavy atom. The summed E-state index contributed by atoms with van der Waals surface area (Å²) in [7, 11) is 2.02. The summed E-state index contributed by atoms with van der Waals surface area (Å²) >= 11 is 6.31. The van der Waals surface area contributed by atoms with Crippen molar-refractivity contribution in [3.63, 3.8) is 0 Å². The van der Waals surface area contributed by atoms with Crippen LogP contribution in [0.1, 0.15) is 31.4 Å². The van der Waals surface area contributed by atoms with E-state index in [-0.39, 0.29) is 0 Å². The summed E-state index contributed by atoms with van der Waals surface area (Å²) in [6, 6.07) is 8.50. The van der Waals surface area contributed by atoms with E-state index < -0.39 is 0 Å². The van der Waals surface area contributed by atoms with Gasteiger partial charge in [-0.2, -0.15) is 0 Å². The maximum absolute atomic E-state index is 6.31. The molecule has 21 heavy (non-hydrogen) atoms. The van der Waals surface area contributed by atoms with Gasteiger partial charge in [0.25, 0.3) is 0 Å². The molecule has 1 atom stereocenters. The van der Waals surface area contributed by atoms with Gasteiger partial charge in [-0.1, -0.05) is 36.7 Å². The molecule has 0 radical (unpaired) electrons. The third-order valence-corrected chi connectivity index (χ3v) is 4.71. The summed E-state index contributed by atoms with van der Waals surface area (Å²) in [4.78, 5) is 5.15. The van der Waals surface area contributed by atoms with E-state index in [9.17, 15) is 0 Å². The number of rotatable bonds is 7. The Morgan fingerprint density at radius 2 is 1.71 bits per heavy atom. The van der Waals surface area contributed by atoms with Crippen LogP contribution < -0.4 is 5.32 Å². The van der Waals surface area contributed by atoms with Crippen molar-refractivity contribution in [2.24, 2.45) is 0 Å². The number of piperazine rings is 1. The molecule has 2 rings (SSSR count). The molecule has 1 unspecified atom stereocenters. The van der Waals surface area contributed by atoms with E-state index in [2.05, 4.69) is 34.2 Å². The van der Waals surface area contributed by atoms with Crippen LogP contribution in [0.15, 0.2) is 24.3 Å². The van der Waals surface area contributed by atoms with E-state index >= 15 is 0 Å². The molecule has 1 aliphatic heterocycles. The first-order valence-corrected chi connectivity index (χ1v) is 8.48. The van der Waals surface area contributed by atoms with Gasteiger partial charge in [-0.05, 0) is 38.1 Å². The van der Waals surface area contributed by atoms with E-state index in [0.717, 1.165) is 18.0 Å². The number of benzene rings is 1. The standard InChI is InChI=1S/C17H28ClN3/c1-3-9-20-11-13-21(14-12-20)10-8-17(19-2)15-6-4-5-7-16(15)18/h4-7,17,19H,3,8-14H2,1-2H3. The Kier molecular flexibility index (Phi) is 6.97. The van der Waals surface area contributed by atoms with Gasteiger partial charge in [-0.25, -0.2) is 0 Å². The Balaban J connectivity index is 1.81. The molecule has 1 aromatic rings. The molecular formula is C17H28ClN3. The summed E-state index contributed by atoms with van der Waals surface area (Å²) in [6.45, 7) is 9.45. The molecule has 1 aromatic carbocycles. The zero-order valence-corrected chi connectivity index (χ0v) is 14.1. The number of hydrogen-bond acceptors (Lipinski definition) is 3. The maximum atomic E-state index is 6.31. The highest BCUT2D eigenvalue weighted by atomic mass is 35.5. The van der Waals surface area contributed by atoms with Crippen molar-refractivity contribution in [2.45, 2.75) is 25.8 Å². The second kappa shape index (κ2) is 8.74. The molecule has 0 spiro atoms. The van der Waals surface area contributed by atoms with E-state index in [4.69, 9.17) is 11.6 Å². The molecule has 1 saturated heterocycles. The normalized spacial score (nSPS) is 18.8. The largest absolute Gasteiger partial charge is 0.313 e. The molecule has 1 aliphatic rings. The lowest BCUT2D eigenvalue weighted by atomic mass is 10.0. The smallest absolute Gasteiger partial charge is 0.0453 e. The fraction of sp³-hybridized carbons (Fsp3) is 0.647. The summed E-state index contributed by atoms with van der Waals surface area (Å²) in [5, 5.41) is 4.27. The van der Waals surface area contributed by atoms with Crippen LogP contribution in [0.2, 0.25) is 5.02 Å². The fourth-order valence-corrected chi connectivity index (χ4v) is 3.34. The average Bonchev–Trinajstić information content (AvgIpc) is 2.51. The number of hydrogen-bond donors (Lipinski definition) is 1. The first kappa shape index (κ1) is 16.8. The van der Waals surface area contributed by atoms with Crippen molar-refractivity contribution in [1.82, 2.24) is 15.1 Å². The molecule has 0 aromatic heterocycles. The van der Waals surface area contributed by atoms with Crippen molar-refractivity contribution in [2.75, 3.05) is 46.3 Å². The van der Waals surface area contributed by atoms with E-state index in [1.165, 1.54) is 44.7 Å². The molecule has 118 valence electrons. The summed E-state index contributed by atoms with van der Waals surface area (Å²) in [6.07, 6.45) is 2.36. The highest BCUT2D eigenvalue weighted by molar-refractivity contribution is 6.31. The molecular weight excluding hydrogens is 282 g/mol. The lowest BCUT2D eigenvalue weighted by molar-refractivity contribution is 0.129. The fourth-order valence-electron chi connectivity index (χ4n) is 3.08. The van der Waals surface area contributed by atoms with Crippen LogP contribution in [0.25, 0.3) is 0 Å². The Labute approximate surface area is 134 Å². The topological polar surface area (TPSA) is 18.5 Å².